The van der Waals surface area contributed by atoms with E-state index in [-0.39, 0.29) is 11.2 Å². The van der Waals surface area contributed by atoms with Crippen LogP contribution in [0.25, 0.3) is 11.4 Å². The first-order valence-corrected chi connectivity index (χ1v) is 7.55. The minimum atomic E-state index is -0.278. The van der Waals surface area contributed by atoms with Gasteiger partial charge < -0.3 is 0 Å². The van der Waals surface area contributed by atoms with Crippen LogP contribution >= 0.6 is 0 Å². The second-order valence-corrected chi connectivity index (χ2v) is 6.60. The van der Waals surface area contributed by atoms with Crippen LogP contribution in [0.3, 0.4) is 0 Å². The average molecular weight is 310 g/mol. The fourth-order valence-electron chi connectivity index (χ4n) is 2.30. The summed E-state index contributed by atoms with van der Waals surface area (Å²) in [7, 11) is 0. The Hall–Kier alpha value is -2.56. The van der Waals surface area contributed by atoms with Crippen LogP contribution < -0.4 is 0 Å². The predicted molar refractivity (Wildman–Crippen MR) is 87.5 cm³/mol. The minimum absolute atomic E-state index is 0.139. The van der Waals surface area contributed by atoms with Gasteiger partial charge in [-0.15, -0.1) is 10.2 Å². The summed E-state index contributed by atoms with van der Waals surface area (Å²) in [5.41, 5.74) is 3.29. The fourth-order valence-corrected chi connectivity index (χ4v) is 2.30. The Morgan fingerprint density at radius 3 is 2.22 bits per heavy atom. The topological polar surface area (TPSA) is 43.6 Å². The van der Waals surface area contributed by atoms with Gasteiger partial charge in [-0.25, -0.2) is 4.39 Å². The number of rotatable bonds is 3. The molecule has 0 atom stereocenters. The zero-order chi connectivity index (χ0) is 16.4. The second kappa shape index (κ2) is 5.91. The Labute approximate surface area is 135 Å². The molecule has 3 aromatic rings. The Bertz CT molecular complexity index is 783. The maximum atomic E-state index is 12.9. The van der Waals surface area contributed by atoms with Gasteiger partial charge in [0, 0.05) is 5.56 Å². The maximum Gasteiger partial charge on any atom is 0.204 e. The lowest BCUT2D eigenvalue weighted by Crippen LogP contribution is -2.11. The van der Waals surface area contributed by atoms with Gasteiger partial charge in [-0.05, 0) is 46.0 Å². The van der Waals surface area contributed by atoms with Crippen LogP contribution in [0.5, 0.6) is 0 Å². The molecule has 1 aromatic heterocycles. The number of halogens is 1. The lowest BCUT2D eigenvalue weighted by Gasteiger charge is -2.19. The van der Waals surface area contributed by atoms with Crippen molar-refractivity contribution >= 4 is 0 Å². The number of nitrogens with zero attached hydrogens (tertiary/aromatic N) is 4. The molecule has 0 aliphatic rings. The van der Waals surface area contributed by atoms with E-state index in [9.17, 15) is 4.39 Å². The summed E-state index contributed by atoms with van der Waals surface area (Å²) < 4.78 is 12.9. The molecule has 2 aromatic carbocycles. The molecule has 5 heteroatoms. The molecule has 0 spiro atoms. The van der Waals surface area contributed by atoms with Gasteiger partial charge in [0.15, 0.2) is 0 Å². The molecule has 118 valence electrons. The van der Waals surface area contributed by atoms with Gasteiger partial charge in [0.2, 0.25) is 5.82 Å². The van der Waals surface area contributed by atoms with E-state index < -0.39 is 0 Å². The number of aromatic nitrogens is 4. The lowest BCUT2D eigenvalue weighted by atomic mass is 9.87. The largest absolute Gasteiger partial charge is 0.207 e. The second-order valence-electron chi connectivity index (χ2n) is 6.60. The highest BCUT2D eigenvalue weighted by atomic mass is 19.1. The normalized spacial score (nSPS) is 11.7. The molecule has 23 heavy (non-hydrogen) atoms. The van der Waals surface area contributed by atoms with Crippen molar-refractivity contribution in [1.29, 1.82) is 0 Å². The molecule has 0 radical (unpaired) electrons. The standard InChI is InChI=1S/C18H19FN4/c1-18(2,3)15-8-4-13(5-9-15)12-23-21-17(20-22-23)14-6-10-16(19)11-7-14/h4-11H,12H2,1-3H3. The number of hydrogen-bond donors (Lipinski definition) is 0. The van der Waals surface area contributed by atoms with Crippen LogP contribution in [0.4, 0.5) is 4.39 Å². The molecule has 0 bridgehead atoms. The van der Waals surface area contributed by atoms with E-state index in [0.717, 1.165) is 11.1 Å². The number of benzene rings is 2. The molecule has 0 saturated carbocycles. The summed E-state index contributed by atoms with van der Waals surface area (Å²) in [6.07, 6.45) is 0. The lowest BCUT2D eigenvalue weighted by molar-refractivity contribution is 0.570. The zero-order valence-corrected chi connectivity index (χ0v) is 13.5. The summed E-state index contributed by atoms with van der Waals surface area (Å²) in [6, 6.07) is 14.5. The van der Waals surface area contributed by atoms with Crippen LogP contribution in [-0.4, -0.2) is 20.2 Å². The molecule has 0 saturated heterocycles. The van der Waals surface area contributed by atoms with Gasteiger partial charge in [-0.3, -0.25) is 0 Å². The molecule has 0 amide bonds. The monoisotopic (exact) mass is 310 g/mol. The van der Waals surface area contributed by atoms with E-state index in [1.807, 2.05) is 0 Å². The molecule has 0 aliphatic heterocycles. The Balaban J connectivity index is 1.75. The molecular formula is C18H19FN4. The molecule has 4 nitrogen and oxygen atoms in total. The van der Waals surface area contributed by atoms with Gasteiger partial charge in [0.1, 0.15) is 5.82 Å². The number of tetrazole rings is 1. The van der Waals surface area contributed by atoms with Crippen molar-refractivity contribution < 1.29 is 4.39 Å². The van der Waals surface area contributed by atoms with Crippen molar-refractivity contribution in [2.24, 2.45) is 0 Å². The smallest absolute Gasteiger partial charge is 0.204 e. The van der Waals surface area contributed by atoms with Gasteiger partial charge >= 0.3 is 0 Å². The predicted octanol–water partition coefficient (Wildman–Crippen LogP) is 3.83. The molecule has 3 rings (SSSR count). The summed E-state index contributed by atoms with van der Waals surface area (Å²) in [6.45, 7) is 7.13. The van der Waals surface area contributed by atoms with Crippen LogP contribution in [-0.2, 0) is 12.0 Å². The number of hydrogen-bond acceptors (Lipinski definition) is 3. The van der Waals surface area contributed by atoms with Gasteiger partial charge in [-0.2, -0.15) is 4.80 Å². The van der Waals surface area contributed by atoms with E-state index in [0.29, 0.717) is 12.4 Å². The van der Waals surface area contributed by atoms with E-state index >= 15 is 0 Å². The molecule has 0 unspecified atom stereocenters. The third-order valence-electron chi connectivity index (χ3n) is 3.70. The van der Waals surface area contributed by atoms with Crippen LogP contribution in [0.1, 0.15) is 31.9 Å². The molecule has 0 fully saturated rings. The third-order valence-corrected chi connectivity index (χ3v) is 3.70. The first kappa shape index (κ1) is 15.3. The molecule has 0 N–H and O–H groups in total. The van der Waals surface area contributed by atoms with Gasteiger partial charge in [0.05, 0.1) is 6.54 Å². The summed E-state index contributed by atoms with van der Waals surface area (Å²) in [4.78, 5) is 1.55. The van der Waals surface area contributed by atoms with Crippen molar-refractivity contribution in [3.63, 3.8) is 0 Å². The van der Waals surface area contributed by atoms with Crippen molar-refractivity contribution in [2.45, 2.75) is 32.7 Å². The highest BCUT2D eigenvalue weighted by molar-refractivity contribution is 5.53. The van der Waals surface area contributed by atoms with Gasteiger partial charge in [-0.1, -0.05) is 45.0 Å². The van der Waals surface area contributed by atoms with Crippen LogP contribution in [0, 0.1) is 5.82 Å². The van der Waals surface area contributed by atoms with Crippen LogP contribution in [0.15, 0.2) is 48.5 Å². The van der Waals surface area contributed by atoms with E-state index in [4.69, 9.17) is 0 Å². The first-order chi connectivity index (χ1) is 10.9. The quantitative estimate of drug-likeness (QED) is 0.738. The Morgan fingerprint density at radius 2 is 1.61 bits per heavy atom. The van der Waals surface area contributed by atoms with E-state index in [2.05, 4.69) is 60.4 Å². The zero-order valence-electron chi connectivity index (χ0n) is 13.5. The Morgan fingerprint density at radius 1 is 0.957 bits per heavy atom. The highest BCUT2D eigenvalue weighted by Crippen LogP contribution is 2.22. The highest BCUT2D eigenvalue weighted by Gasteiger charge is 2.13. The molecular weight excluding hydrogens is 291 g/mol. The third kappa shape index (κ3) is 3.62. The van der Waals surface area contributed by atoms with Crippen molar-refractivity contribution in [3.8, 4) is 11.4 Å². The molecule has 1 heterocycles. The summed E-state index contributed by atoms with van der Waals surface area (Å²) >= 11 is 0. The fraction of sp³-hybridized carbons (Fsp3) is 0.278. The van der Waals surface area contributed by atoms with E-state index in [1.54, 1.807) is 16.9 Å². The SMILES string of the molecule is CC(C)(C)c1ccc(Cn2nnc(-c3ccc(F)cc3)n2)cc1. The van der Waals surface area contributed by atoms with Crippen molar-refractivity contribution in [1.82, 2.24) is 20.2 Å². The summed E-state index contributed by atoms with van der Waals surface area (Å²) in [5.74, 6) is 0.219. The van der Waals surface area contributed by atoms with E-state index in [1.165, 1.54) is 17.7 Å². The Kier molecular flexibility index (Phi) is 3.94. The van der Waals surface area contributed by atoms with Crippen molar-refractivity contribution in [3.05, 3.63) is 65.5 Å². The average Bonchev–Trinajstić information content (AvgIpc) is 2.96. The van der Waals surface area contributed by atoms with Crippen molar-refractivity contribution in [2.75, 3.05) is 0 Å². The summed E-state index contributed by atoms with van der Waals surface area (Å²) in [5, 5.41) is 12.4. The van der Waals surface area contributed by atoms with Crippen LogP contribution in [0.2, 0.25) is 0 Å². The maximum absolute atomic E-state index is 12.9. The first-order valence-electron chi connectivity index (χ1n) is 7.55. The minimum Gasteiger partial charge on any atom is -0.207 e. The molecule has 0 aliphatic carbocycles. The van der Waals surface area contributed by atoms with Gasteiger partial charge in [0.25, 0.3) is 0 Å².